The van der Waals surface area contributed by atoms with E-state index in [1.54, 1.807) is 12.1 Å². The molecular weight excluding hydrogens is 359 g/mol. The van der Waals surface area contributed by atoms with Gasteiger partial charge in [-0.25, -0.2) is 0 Å². The fraction of sp³-hybridized carbons (Fsp3) is 0.211. The van der Waals surface area contributed by atoms with E-state index in [1.807, 2.05) is 12.1 Å². The van der Waals surface area contributed by atoms with Crippen LogP contribution in [0.2, 0.25) is 10.0 Å². The van der Waals surface area contributed by atoms with E-state index >= 15 is 0 Å². The van der Waals surface area contributed by atoms with Crippen LogP contribution < -0.4 is 10.1 Å². The standard InChI is InChI=1S/C19H16Cl2N2O2/c1-25-18-14(21)7-6-13(20)17(18)19(24)22-10-8-12-11-4-2-3-5-15(11)23-16(12)9-10/h2-7,10,23H,8-9H2,1H3,(H,22,24). The van der Waals surface area contributed by atoms with Crippen molar-refractivity contribution in [2.45, 2.75) is 18.9 Å². The molecule has 0 bridgehead atoms. The Bertz CT molecular complexity index is 981. The summed E-state index contributed by atoms with van der Waals surface area (Å²) < 4.78 is 5.26. The Morgan fingerprint density at radius 3 is 2.72 bits per heavy atom. The highest BCUT2D eigenvalue weighted by Crippen LogP contribution is 2.35. The number of hydrogen-bond donors (Lipinski definition) is 2. The van der Waals surface area contributed by atoms with Crippen LogP contribution in [0.5, 0.6) is 5.75 Å². The lowest BCUT2D eigenvalue weighted by atomic mass is 10.1. The number of H-pyrrole nitrogens is 1. The van der Waals surface area contributed by atoms with Crippen molar-refractivity contribution >= 4 is 40.0 Å². The summed E-state index contributed by atoms with van der Waals surface area (Å²) in [6, 6.07) is 11.4. The van der Waals surface area contributed by atoms with E-state index in [1.165, 1.54) is 23.8 Å². The van der Waals surface area contributed by atoms with Gasteiger partial charge in [-0.2, -0.15) is 0 Å². The van der Waals surface area contributed by atoms with Gasteiger partial charge in [-0.15, -0.1) is 0 Å². The van der Waals surface area contributed by atoms with Gasteiger partial charge in [-0.05, 0) is 30.2 Å². The van der Waals surface area contributed by atoms with Gasteiger partial charge in [0.1, 0.15) is 5.56 Å². The summed E-state index contributed by atoms with van der Waals surface area (Å²) in [7, 11) is 1.47. The molecule has 3 aromatic rings. The Morgan fingerprint density at radius 2 is 1.92 bits per heavy atom. The molecular formula is C19H16Cl2N2O2. The largest absolute Gasteiger partial charge is 0.494 e. The number of halogens is 2. The zero-order valence-electron chi connectivity index (χ0n) is 13.5. The molecule has 128 valence electrons. The number of para-hydroxylation sites is 1. The molecule has 0 saturated heterocycles. The van der Waals surface area contributed by atoms with Gasteiger partial charge in [0.2, 0.25) is 0 Å². The van der Waals surface area contributed by atoms with E-state index < -0.39 is 0 Å². The summed E-state index contributed by atoms with van der Waals surface area (Å²) in [6.07, 6.45) is 1.54. The van der Waals surface area contributed by atoms with Crippen LogP contribution in [0.3, 0.4) is 0 Å². The molecule has 0 spiro atoms. The van der Waals surface area contributed by atoms with E-state index in [4.69, 9.17) is 27.9 Å². The van der Waals surface area contributed by atoms with E-state index in [0.29, 0.717) is 15.8 Å². The first-order chi connectivity index (χ1) is 12.1. The second-order valence-electron chi connectivity index (χ2n) is 6.14. The first-order valence-electron chi connectivity index (χ1n) is 7.99. The first-order valence-corrected chi connectivity index (χ1v) is 8.75. The van der Waals surface area contributed by atoms with E-state index in [0.717, 1.165) is 18.4 Å². The highest BCUT2D eigenvalue weighted by Gasteiger charge is 2.28. The van der Waals surface area contributed by atoms with Crippen LogP contribution >= 0.6 is 23.2 Å². The maximum Gasteiger partial charge on any atom is 0.256 e. The number of benzene rings is 2. The Balaban J connectivity index is 1.58. The summed E-state index contributed by atoms with van der Waals surface area (Å²) in [5.74, 6) is 0.0254. The summed E-state index contributed by atoms with van der Waals surface area (Å²) in [5.41, 5.74) is 3.86. The van der Waals surface area contributed by atoms with Crippen molar-refractivity contribution in [1.82, 2.24) is 10.3 Å². The van der Waals surface area contributed by atoms with Crippen LogP contribution in [-0.4, -0.2) is 24.0 Å². The number of carbonyl (C=O) groups excluding carboxylic acids is 1. The molecule has 0 radical (unpaired) electrons. The number of methoxy groups -OCH3 is 1. The van der Waals surface area contributed by atoms with Crippen LogP contribution in [0.4, 0.5) is 0 Å². The van der Waals surface area contributed by atoms with Crippen molar-refractivity contribution in [3.8, 4) is 5.75 Å². The SMILES string of the molecule is COc1c(Cl)ccc(Cl)c1C(=O)NC1Cc2[nH]c3ccccc3c2C1. The van der Waals surface area contributed by atoms with Gasteiger partial charge in [0.25, 0.3) is 5.91 Å². The zero-order chi connectivity index (χ0) is 17.6. The predicted molar refractivity (Wildman–Crippen MR) is 100.0 cm³/mol. The fourth-order valence-electron chi connectivity index (χ4n) is 3.53. The highest BCUT2D eigenvalue weighted by molar-refractivity contribution is 6.37. The summed E-state index contributed by atoms with van der Waals surface area (Å²) in [4.78, 5) is 16.2. The maximum absolute atomic E-state index is 12.7. The monoisotopic (exact) mass is 374 g/mol. The number of aromatic nitrogens is 1. The molecule has 1 aliphatic carbocycles. The molecule has 0 saturated carbocycles. The van der Waals surface area contributed by atoms with Gasteiger partial charge >= 0.3 is 0 Å². The van der Waals surface area contributed by atoms with Crippen molar-refractivity contribution in [1.29, 1.82) is 0 Å². The molecule has 1 aliphatic rings. The summed E-state index contributed by atoms with van der Waals surface area (Å²) in [6.45, 7) is 0. The van der Waals surface area contributed by atoms with Gasteiger partial charge in [0.15, 0.2) is 5.75 Å². The Kier molecular flexibility index (Phi) is 4.10. The molecule has 4 rings (SSSR count). The number of carbonyl (C=O) groups is 1. The third-order valence-electron chi connectivity index (χ3n) is 4.63. The van der Waals surface area contributed by atoms with Gasteiger partial charge < -0.3 is 15.0 Å². The third-order valence-corrected chi connectivity index (χ3v) is 5.24. The third kappa shape index (κ3) is 2.75. The van der Waals surface area contributed by atoms with E-state index in [2.05, 4.69) is 22.4 Å². The number of nitrogens with one attached hydrogen (secondary N) is 2. The van der Waals surface area contributed by atoms with Crippen molar-refractivity contribution in [3.05, 3.63) is 63.3 Å². The second kappa shape index (κ2) is 6.28. The molecule has 1 aromatic heterocycles. The quantitative estimate of drug-likeness (QED) is 0.714. The van der Waals surface area contributed by atoms with Gasteiger partial charge in [-0.3, -0.25) is 4.79 Å². The normalized spacial score (nSPS) is 16.0. The first kappa shape index (κ1) is 16.3. The zero-order valence-corrected chi connectivity index (χ0v) is 15.0. The summed E-state index contributed by atoms with van der Waals surface area (Å²) in [5, 5.41) is 4.95. The number of amides is 1. The molecule has 1 unspecified atom stereocenters. The number of aromatic amines is 1. The van der Waals surface area contributed by atoms with E-state index in [9.17, 15) is 4.79 Å². The van der Waals surface area contributed by atoms with Gasteiger partial charge in [-0.1, -0.05) is 41.4 Å². The van der Waals surface area contributed by atoms with Gasteiger partial charge in [0.05, 0.1) is 17.2 Å². The molecule has 4 nitrogen and oxygen atoms in total. The molecule has 6 heteroatoms. The minimum Gasteiger partial charge on any atom is -0.494 e. The summed E-state index contributed by atoms with van der Waals surface area (Å²) >= 11 is 12.3. The number of ether oxygens (including phenoxy) is 1. The Hall–Kier alpha value is -2.17. The molecule has 1 heterocycles. The molecule has 2 N–H and O–H groups in total. The van der Waals surface area contributed by atoms with Crippen molar-refractivity contribution in [2.24, 2.45) is 0 Å². The topological polar surface area (TPSA) is 54.1 Å². The fourth-order valence-corrected chi connectivity index (χ4v) is 4.00. The average molecular weight is 375 g/mol. The Labute approximate surface area is 155 Å². The lowest BCUT2D eigenvalue weighted by molar-refractivity contribution is 0.0935. The minimum absolute atomic E-state index is 0.0121. The van der Waals surface area contributed by atoms with Gasteiger partial charge in [0, 0.05) is 29.1 Å². The van der Waals surface area contributed by atoms with Crippen LogP contribution in [0.15, 0.2) is 36.4 Å². The van der Waals surface area contributed by atoms with Crippen LogP contribution in [0, 0.1) is 0 Å². The lowest BCUT2D eigenvalue weighted by Gasteiger charge is -2.16. The van der Waals surface area contributed by atoms with Crippen LogP contribution in [-0.2, 0) is 12.8 Å². The maximum atomic E-state index is 12.7. The van der Waals surface area contributed by atoms with Crippen molar-refractivity contribution in [3.63, 3.8) is 0 Å². The molecule has 2 aromatic carbocycles. The van der Waals surface area contributed by atoms with E-state index in [-0.39, 0.29) is 17.5 Å². The minimum atomic E-state index is -0.274. The molecule has 0 fully saturated rings. The lowest BCUT2D eigenvalue weighted by Crippen LogP contribution is -2.35. The average Bonchev–Trinajstić information content (AvgIpc) is 3.13. The second-order valence-corrected chi connectivity index (χ2v) is 6.96. The van der Waals surface area contributed by atoms with Crippen LogP contribution in [0.25, 0.3) is 10.9 Å². The molecule has 25 heavy (non-hydrogen) atoms. The molecule has 0 aliphatic heterocycles. The van der Waals surface area contributed by atoms with Crippen LogP contribution in [0.1, 0.15) is 21.6 Å². The molecule has 1 amide bonds. The molecule has 1 atom stereocenters. The Morgan fingerprint density at radius 1 is 1.16 bits per heavy atom. The van der Waals surface area contributed by atoms with Crippen molar-refractivity contribution < 1.29 is 9.53 Å². The predicted octanol–water partition coefficient (Wildman–Crippen LogP) is 4.38. The number of fused-ring (bicyclic) bond motifs is 3. The number of hydrogen-bond acceptors (Lipinski definition) is 2. The smallest absolute Gasteiger partial charge is 0.256 e. The number of rotatable bonds is 3. The van der Waals surface area contributed by atoms with Crippen molar-refractivity contribution in [2.75, 3.05) is 7.11 Å². The highest BCUT2D eigenvalue weighted by atomic mass is 35.5.